The van der Waals surface area contributed by atoms with Gasteiger partial charge in [0.25, 0.3) is 0 Å². The second kappa shape index (κ2) is 11.8. The van der Waals surface area contributed by atoms with E-state index in [1.54, 1.807) is 6.20 Å². The number of carbonyl (C=O) groups is 1. The van der Waals surface area contributed by atoms with Crippen molar-refractivity contribution in [3.63, 3.8) is 0 Å². The summed E-state index contributed by atoms with van der Waals surface area (Å²) < 4.78 is 27.6. The summed E-state index contributed by atoms with van der Waals surface area (Å²) in [4.78, 5) is 29.8. The van der Waals surface area contributed by atoms with Crippen molar-refractivity contribution in [3.8, 4) is 0 Å². The molecule has 2 heterocycles. The Morgan fingerprint density at radius 1 is 1.00 bits per heavy atom. The van der Waals surface area contributed by atoms with Gasteiger partial charge in [0.1, 0.15) is 12.2 Å². The van der Waals surface area contributed by atoms with E-state index in [9.17, 15) is 9.59 Å². The highest BCUT2D eigenvalue weighted by molar-refractivity contribution is 14.1. The Morgan fingerprint density at radius 2 is 1.49 bits per heavy atom. The van der Waals surface area contributed by atoms with Crippen LogP contribution in [0.15, 0.2) is 11.0 Å². The van der Waals surface area contributed by atoms with Crippen molar-refractivity contribution >= 4 is 51.1 Å². The minimum absolute atomic E-state index is 0.00494. The van der Waals surface area contributed by atoms with Gasteiger partial charge in [0, 0.05) is 6.20 Å². The Hall–Kier alpha value is -0.806. The molecule has 1 aliphatic heterocycles. The predicted molar refractivity (Wildman–Crippen MR) is 169 cm³/mol. The van der Waals surface area contributed by atoms with Crippen LogP contribution in [0, 0.1) is 8.99 Å². The molecule has 2 rings (SSSR count). The van der Waals surface area contributed by atoms with E-state index in [1.165, 1.54) is 4.57 Å². The molecule has 0 bridgehead atoms. The van der Waals surface area contributed by atoms with Gasteiger partial charge in [-0.15, -0.1) is 0 Å². The van der Waals surface area contributed by atoms with E-state index >= 15 is 0 Å². The van der Waals surface area contributed by atoms with Crippen LogP contribution in [0.4, 0.5) is 10.6 Å². The molecule has 0 saturated carbocycles. The van der Waals surface area contributed by atoms with Crippen LogP contribution in [0.5, 0.6) is 0 Å². The lowest BCUT2D eigenvalue weighted by molar-refractivity contribution is -0.0311. The fourth-order valence-corrected chi connectivity index (χ4v) is 6.68. The number of carbonyl (C=O) groups excluding carboxylic acids is 1. The summed E-state index contributed by atoms with van der Waals surface area (Å²) in [6, 6.07) is 0. The maximum Gasteiger partial charge on any atom is 0.412 e. The second-order valence-corrected chi connectivity index (χ2v) is 25.5. The first kappa shape index (κ1) is 34.4. The lowest BCUT2D eigenvalue weighted by Gasteiger charge is -2.44. The zero-order chi connectivity index (χ0) is 30.4. The van der Waals surface area contributed by atoms with E-state index in [4.69, 9.17) is 18.3 Å². The molecule has 1 aromatic heterocycles. The molecule has 1 aliphatic rings. The molecule has 12 heteroatoms. The second-order valence-electron chi connectivity index (χ2n) is 14.8. The van der Waals surface area contributed by atoms with Crippen molar-refractivity contribution in [2.45, 2.75) is 130 Å². The van der Waals surface area contributed by atoms with Crippen LogP contribution in [0.25, 0.3) is 0 Å². The standard InChI is InChI=1S/C27H50IN3O6Si2/c1-17-19(36-38(11,12)26(5,6)7)20(37-39(13,14)27(8,9)10)22(35-17)31-15-18(28)21(29-23(31)32)30-24(33)34-16-25(2,3)4/h15,17,19-20,22H,16H2,1-14H3,(H,29,30,32,33)/t17-,19-,20-,22-/m1/s1. The van der Waals surface area contributed by atoms with E-state index in [1.807, 2.05) is 27.7 Å². The van der Waals surface area contributed by atoms with Crippen LogP contribution in [-0.4, -0.2) is 57.2 Å². The van der Waals surface area contributed by atoms with E-state index in [0.29, 0.717) is 3.57 Å². The molecular weight excluding hydrogens is 645 g/mol. The molecule has 1 aromatic rings. The van der Waals surface area contributed by atoms with E-state index in [2.05, 4.69) is 101 Å². The van der Waals surface area contributed by atoms with E-state index in [-0.39, 0.29) is 40.1 Å². The number of hydrogen-bond donors (Lipinski definition) is 1. The Kier molecular flexibility index (Phi) is 10.4. The van der Waals surface area contributed by atoms with E-state index < -0.39 is 40.7 Å². The van der Waals surface area contributed by atoms with Crippen molar-refractivity contribution in [1.29, 1.82) is 0 Å². The van der Waals surface area contributed by atoms with Crippen LogP contribution in [-0.2, 0) is 18.3 Å². The number of aromatic nitrogens is 2. The number of nitrogens with zero attached hydrogens (tertiary/aromatic N) is 2. The summed E-state index contributed by atoms with van der Waals surface area (Å²) >= 11 is 2.05. The van der Waals surface area contributed by atoms with Crippen LogP contribution >= 0.6 is 22.6 Å². The summed E-state index contributed by atoms with van der Waals surface area (Å²) in [6.45, 7) is 30.1. The van der Waals surface area contributed by atoms with Crippen molar-refractivity contribution in [2.24, 2.45) is 5.41 Å². The minimum atomic E-state index is -2.28. The van der Waals surface area contributed by atoms with Gasteiger partial charge in [-0.05, 0) is 71.2 Å². The molecule has 0 radical (unpaired) electrons. The third-order valence-corrected chi connectivity index (χ3v) is 17.7. The molecule has 4 atom stereocenters. The molecule has 9 nitrogen and oxygen atoms in total. The summed E-state index contributed by atoms with van der Waals surface area (Å²) in [5, 5.41) is 2.54. The SMILES string of the molecule is C[C@H]1O[C@@H](n2cc(I)c(NC(=O)OCC(C)(C)C)nc2=O)[C@H](O[Si](C)(C)C(C)(C)C)[C@@H]1O[Si](C)(C)C(C)(C)C. The molecule has 0 spiro atoms. The minimum Gasteiger partial charge on any atom is -0.449 e. The van der Waals surface area contributed by atoms with Gasteiger partial charge in [0.05, 0.1) is 16.3 Å². The fourth-order valence-electron chi connectivity index (χ4n) is 3.48. The lowest BCUT2D eigenvalue weighted by Crippen LogP contribution is -2.53. The van der Waals surface area contributed by atoms with Crippen molar-refractivity contribution in [3.05, 3.63) is 20.3 Å². The monoisotopic (exact) mass is 695 g/mol. The maximum absolute atomic E-state index is 13.3. The van der Waals surface area contributed by atoms with Gasteiger partial charge in [-0.1, -0.05) is 62.3 Å². The molecule has 1 fully saturated rings. The number of anilines is 1. The van der Waals surface area contributed by atoms with Crippen LogP contribution < -0.4 is 11.0 Å². The van der Waals surface area contributed by atoms with Gasteiger partial charge < -0.3 is 18.3 Å². The molecule has 0 aliphatic carbocycles. The number of amides is 1. The normalized spacial score (nSPS) is 23.2. The van der Waals surface area contributed by atoms with Crippen LogP contribution in [0.3, 0.4) is 0 Å². The van der Waals surface area contributed by atoms with Gasteiger partial charge >= 0.3 is 11.8 Å². The largest absolute Gasteiger partial charge is 0.449 e. The van der Waals surface area contributed by atoms with Gasteiger partial charge in [-0.25, -0.2) is 9.59 Å². The van der Waals surface area contributed by atoms with Crippen molar-refractivity contribution < 1.29 is 23.1 Å². The number of ether oxygens (including phenoxy) is 2. The fraction of sp³-hybridized carbons (Fsp3) is 0.815. The quantitative estimate of drug-likeness (QED) is 0.239. The summed E-state index contributed by atoms with van der Waals surface area (Å²) in [5.41, 5.74) is -0.726. The van der Waals surface area contributed by atoms with Crippen LogP contribution in [0.1, 0.15) is 75.5 Å². The first-order valence-corrected chi connectivity index (χ1v) is 20.5. The number of hydrogen-bond acceptors (Lipinski definition) is 7. The third kappa shape index (κ3) is 8.60. The first-order valence-electron chi connectivity index (χ1n) is 13.6. The average Bonchev–Trinajstić information content (AvgIpc) is 3.01. The molecule has 0 aromatic carbocycles. The molecule has 1 saturated heterocycles. The third-order valence-electron chi connectivity index (χ3n) is 7.93. The maximum atomic E-state index is 13.3. The topological polar surface area (TPSA) is 101 Å². The highest BCUT2D eigenvalue weighted by Crippen LogP contribution is 2.45. The van der Waals surface area contributed by atoms with Gasteiger partial charge in [0.2, 0.25) is 0 Å². The summed E-state index contributed by atoms with van der Waals surface area (Å²) in [6.07, 6.45) is -0.864. The predicted octanol–water partition coefficient (Wildman–Crippen LogP) is 7.14. The van der Waals surface area contributed by atoms with Crippen molar-refractivity contribution in [2.75, 3.05) is 11.9 Å². The Morgan fingerprint density at radius 3 is 1.95 bits per heavy atom. The lowest BCUT2D eigenvalue weighted by atomic mass is 9.99. The highest BCUT2D eigenvalue weighted by atomic mass is 127. The zero-order valence-corrected chi connectivity index (χ0v) is 30.5. The van der Waals surface area contributed by atoms with E-state index in [0.717, 1.165) is 0 Å². The van der Waals surface area contributed by atoms with Crippen LogP contribution in [0.2, 0.25) is 36.3 Å². The molecular formula is C27H50IN3O6Si2. The van der Waals surface area contributed by atoms with Crippen molar-refractivity contribution in [1.82, 2.24) is 9.55 Å². The summed E-state index contributed by atoms with van der Waals surface area (Å²) in [7, 11) is -4.47. The molecule has 39 heavy (non-hydrogen) atoms. The number of nitrogens with one attached hydrogen (secondary N) is 1. The highest BCUT2D eigenvalue weighted by Gasteiger charge is 2.53. The summed E-state index contributed by atoms with van der Waals surface area (Å²) in [5.74, 6) is 0.151. The molecule has 224 valence electrons. The van der Waals surface area contributed by atoms with Gasteiger partial charge in [-0.3, -0.25) is 9.88 Å². The Labute approximate surface area is 250 Å². The zero-order valence-electron chi connectivity index (χ0n) is 26.3. The molecule has 1 amide bonds. The molecule has 0 unspecified atom stereocenters. The number of halogens is 1. The average molecular weight is 696 g/mol. The smallest absolute Gasteiger partial charge is 0.412 e. The molecule has 1 N–H and O–H groups in total. The number of rotatable bonds is 7. The Bertz CT molecular complexity index is 1090. The first-order chi connectivity index (χ1) is 17.4. The van der Waals surface area contributed by atoms with Gasteiger partial charge in [-0.2, -0.15) is 4.98 Å². The van der Waals surface area contributed by atoms with Gasteiger partial charge in [0.15, 0.2) is 28.7 Å². The Balaban J connectivity index is 2.47.